The van der Waals surface area contributed by atoms with Gasteiger partial charge in [-0.25, -0.2) is 0 Å². The summed E-state index contributed by atoms with van der Waals surface area (Å²) in [6.45, 7) is 4.49. The van der Waals surface area contributed by atoms with E-state index >= 15 is 0 Å². The van der Waals surface area contributed by atoms with Crippen LogP contribution in [0.5, 0.6) is 11.5 Å². The van der Waals surface area contributed by atoms with Crippen molar-refractivity contribution in [1.82, 2.24) is 0 Å². The molecular formula is C31H22O3. The van der Waals surface area contributed by atoms with Gasteiger partial charge in [-0.2, -0.15) is 0 Å². The number of ether oxygens (including phenoxy) is 1. The molecule has 3 heterocycles. The smallest absolute Gasteiger partial charge is 0.135 e. The molecule has 6 aromatic rings. The zero-order valence-corrected chi connectivity index (χ0v) is 19.0. The largest absolute Gasteiger partial charge is 0.457 e. The summed E-state index contributed by atoms with van der Waals surface area (Å²) >= 11 is 0. The number of furan rings is 2. The summed E-state index contributed by atoms with van der Waals surface area (Å²) in [5.74, 6) is 3.44. The summed E-state index contributed by atoms with van der Waals surface area (Å²) in [5.41, 5.74) is 6.06. The zero-order valence-electron chi connectivity index (χ0n) is 19.0. The third-order valence-corrected chi connectivity index (χ3v) is 6.99. The van der Waals surface area contributed by atoms with Crippen molar-refractivity contribution in [1.29, 1.82) is 0 Å². The van der Waals surface area contributed by atoms with Crippen molar-refractivity contribution in [3.8, 4) is 34.1 Å². The van der Waals surface area contributed by atoms with Gasteiger partial charge >= 0.3 is 0 Å². The first-order chi connectivity index (χ1) is 16.6. The topological polar surface area (TPSA) is 35.5 Å². The average molecular weight is 443 g/mol. The van der Waals surface area contributed by atoms with Crippen molar-refractivity contribution in [2.24, 2.45) is 0 Å². The van der Waals surface area contributed by atoms with Gasteiger partial charge in [0.2, 0.25) is 0 Å². The van der Waals surface area contributed by atoms with Crippen molar-refractivity contribution in [2.45, 2.75) is 19.3 Å². The molecule has 3 heteroatoms. The molecule has 1 aliphatic heterocycles. The van der Waals surface area contributed by atoms with Gasteiger partial charge in [-0.1, -0.05) is 62.4 Å². The van der Waals surface area contributed by atoms with Crippen LogP contribution in [-0.2, 0) is 5.41 Å². The molecular weight excluding hydrogens is 420 g/mol. The summed E-state index contributed by atoms with van der Waals surface area (Å²) < 4.78 is 18.6. The first kappa shape index (κ1) is 19.2. The molecule has 0 radical (unpaired) electrons. The maximum atomic E-state index is 6.32. The van der Waals surface area contributed by atoms with E-state index in [1.54, 1.807) is 0 Å². The molecule has 0 unspecified atom stereocenters. The molecule has 0 spiro atoms. The van der Waals surface area contributed by atoms with Crippen LogP contribution < -0.4 is 4.74 Å². The molecule has 0 bridgehead atoms. The third-order valence-electron chi connectivity index (χ3n) is 6.99. The van der Waals surface area contributed by atoms with E-state index < -0.39 is 0 Å². The molecule has 0 amide bonds. The van der Waals surface area contributed by atoms with Crippen LogP contribution in [0, 0.1) is 0 Å². The first-order valence-electron chi connectivity index (χ1n) is 11.5. The Morgan fingerprint density at radius 2 is 1.21 bits per heavy atom. The molecule has 0 saturated heterocycles. The fraction of sp³-hybridized carbons (Fsp3) is 0.0968. The van der Waals surface area contributed by atoms with Gasteiger partial charge in [0, 0.05) is 38.4 Å². The second kappa shape index (κ2) is 6.88. The van der Waals surface area contributed by atoms with Crippen LogP contribution >= 0.6 is 0 Å². The van der Waals surface area contributed by atoms with Gasteiger partial charge in [-0.15, -0.1) is 0 Å². The maximum absolute atomic E-state index is 6.32. The molecule has 0 saturated carbocycles. The van der Waals surface area contributed by atoms with Crippen LogP contribution in [0.2, 0.25) is 0 Å². The van der Waals surface area contributed by atoms with E-state index in [-0.39, 0.29) is 5.41 Å². The number of para-hydroxylation sites is 2. The van der Waals surface area contributed by atoms with Gasteiger partial charge < -0.3 is 13.6 Å². The lowest BCUT2D eigenvalue weighted by molar-refractivity contribution is 0.418. The minimum absolute atomic E-state index is 0.125. The summed E-state index contributed by atoms with van der Waals surface area (Å²) in [7, 11) is 0. The predicted octanol–water partition coefficient (Wildman–Crippen LogP) is 8.94. The van der Waals surface area contributed by atoms with Crippen LogP contribution in [0.3, 0.4) is 0 Å². The van der Waals surface area contributed by atoms with Crippen LogP contribution in [0.1, 0.15) is 25.0 Å². The average Bonchev–Trinajstić information content (AvgIpc) is 3.49. The van der Waals surface area contributed by atoms with Crippen molar-refractivity contribution < 1.29 is 13.6 Å². The van der Waals surface area contributed by atoms with Crippen LogP contribution in [0.15, 0.2) is 106 Å². The van der Waals surface area contributed by atoms with Crippen molar-refractivity contribution >= 4 is 21.9 Å². The summed E-state index contributed by atoms with van der Waals surface area (Å²) in [4.78, 5) is 0. The lowest BCUT2D eigenvalue weighted by Crippen LogP contribution is -2.24. The Bertz CT molecular complexity index is 1710. The first-order valence-corrected chi connectivity index (χ1v) is 11.5. The molecule has 1 aliphatic rings. The highest BCUT2D eigenvalue weighted by molar-refractivity contribution is 6.06. The van der Waals surface area contributed by atoms with E-state index in [0.717, 1.165) is 56.1 Å². The number of hydrogen-bond donors (Lipinski definition) is 0. The van der Waals surface area contributed by atoms with Gasteiger partial charge in [0.05, 0.1) is 0 Å². The van der Waals surface area contributed by atoms with Gasteiger partial charge in [0.1, 0.15) is 34.2 Å². The fourth-order valence-corrected chi connectivity index (χ4v) is 5.14. The minimum Gasteiger partial charge on any atom is -0.457 e. The predicted molar refractivity (Wildman–Crippen MR) is 136 cm³/mol. The van der Waals surface area contributed by atoms with E-state index in [1.165, 1.54) is 11.1 Å². The lowest BCUT2D eigenvalue weighted by Gasteiger charge is -2.34. The van der Waals surface area contributed by atoms with Gasteiger partial charge in [0.25, 0.3) is 0 Å². The Labute approximate surface area is 197 Å². The highest BCUT2D eigenvalue weighted by Gasteiger charge is 2.34. The van der Waals surface area contributed by atoms with E-state index in [2.05, 4.69) is 56.3 Å². The standard InChI is InChI=1S/C31H22O3/c1-31(2)23-8-4-6-10-29(23)34-30-18-20(11-13-24(30)31)26-16-15-25(32-26)19-12-14-28-22(17-19)21-7-3-5-9-27(21)33-28/h3-18H,1-2H3. The number of benzene rings is 4. The van der Waals surface area contributed by atoms with Crippen LogP contribution in [0.4, 0.5) is 0 Å². The van der Waals surface area contributed by atoms with Gasteiger partial charge in [-0.3, -0.25) is 0 Å². The number of fused-ring (bicyclic) bond motifs is 5. The normalized spacial score (nSPS) is 14.1. The molecule has 0 aliphatic carbocycles. The Hall–Kier alpha value is -4.24. The van der Waals surface area contributed by atoms with Crippen LogP contribution in [0.25, 0.3) is 44.6 Å². The quantitative estimate of drug-likeness (QED) is 0.268. The highest BCUT2D eigenvalue weighted by Crippen LogP contribution is 2.48. The molecule has 7 rings (SSSR count). The van der Waals surface area contributed by atoms with E-state index in [1.807, 2.05) is 54.6 Å². The van der Waals surface area contributed by atoms with E-state index in [4.69, 9.17) is 13.6 Å². The SMILES string of the molecule is CC1(C)c2ccccc2Oc2cc(-c3ccc(-c4ccc5oc6ccccc6c5c4)o3)ccc21. The maximum Gasteiger partial charge on any atom is 0.135 e. The van der Waals surface area contributed by atoms with Gasteiger partial charge in [-0.05, 0) is 48.5 Å². The Balaban J connectivity index is 1.28. The van der Waals surface area contributed by atoms with E-state index in [9.17, 15) is 0 Å². The molecule has 4 aromatic carbocycles. The monoisotopic (exact) mass is 442 g/mol. The van der Waals surface area contributed by atoms with Crippen molar-refractivity contribution in [2.75, 3.05) is 0 Å². The van der Waals surface area contributed by atoms with Crippen molar-refractivity contribution in [3.05, 3.63) is 108 Å². The molecule has 0 atom stereocenters. The summed E-state index contributed by atoms with van der Waals surface area (Å²) in [5, 5.41) is 2.20. The molecule has 3 nitrogen and oxygen atoms in total. The Kier molecular flexibility index (Phi) is 3.89. The fourth-order valence-electron chi connectivity index (χ4n) is 5.14. The third kappa shape index (κ3) is 2.77. The molecule has 0 fully saturated rings. The zero-order chi connectivity index (χ0) is 22.9. The molecule has 34 heavy (non-hydrogen) atoms. The second-order valence-corrected chi connectivity index (χ2v) is 9.41. The summed E-state index contributed by atoms with van der Waals surface area (Å²) in [6, 6.07) is 33.0. The number of rotatable bonds is 2. The molecule has 164 valence electrons. The van der Waals surface area contributed by atoms with Crippen molar-refractivity contribution in [3.63, 3.8) is 0 Å². The molecule has 0 N–H and O–H groups in total. The highest BCUT2D eigenvalue weighted by atomic mass is 16.5. The molecule has 2 aromatic heterocycles. The number of hydrogen-bond acceptors (Lipinski definition) is 3. The Morgan fingerprint density at radius 3 is 2.09 bits per heavy atom. The minimum atomic E-state index is -0.125. The lowest BCUT2D eigenvalue weighted by atomic mass is 9.75. The summed E-state index contributed by atoms with van der Waals surface area (Å²) in [6.07, 6.45) is 0. The second-order valence-electron chi connectivity index (χ2n) is 9.41. The van der Waals surface area contributed by atoms with Gasteiger partial charge in [0.15, 0.2) is 0 Å². The van der Waals surface area contributed by atoms with Crippen LogP contribution in [-0.4, -0.2) is 0 Å². The van der Waals surface area contributed by atoms with E-state index in [0.29, 0.717) is 0 Å². The Morgan fingerprint density at radius 1 is 0.529 bits per heavy atom.